The Hall–Kier alpha value is -3.10. The molecule has 0 spiro atoms. The number of amides is 1. The van der Waals surface area contributed by atoms with Crippen molar-refractivity contribution in [1.82, 2.24) is 9.99 Å². The highest BCUT2D eigenvalue weighted by Gasteiger charge is 2.10. The van der Waals surface area contributed by atoms with Gasteiger partial charge in [-0.3, -0.25) is 14.9 Å². The number of aromatic nitrogens is 1. The Morgan fingerprint density at radius 3 is 2.52 bits per heavy atom. The third kappa shape index (κ3) is 5.96. The summed E-state index contributed by atoms with van der Waals surface area (Å²) in [5.41, 5.74) is 7.47. The lowest BCUT2D eigenvalue weighted by molar-refractivity contribution is -0.384. The van der Waals surface area contributed by atoms with Gasteiger partial charge >= 0.3 is 0 Å². The molecule has 0 saturated carbocycles. The standard InChI is InChI=1S/C22H21ClN4O3S/c1-15-11-18(16(2)26(15)20-9-5-19(23)6-10-20)12-24-25-22(28)14-31-13-17-3-7-21(8-4-17)27(29)30/h3-12H,13-14H2,1-2H3,(H,25,28)/b24-12-. The fraction of sp³-hybridized carbons (Fsp3) is 0.182. The zero-order valence-electron chi connectivity index (χ0n) is 17.0. The molecule has 3 rings (SSSR count). The largest absolute Gasteiger partial charge is 0.318 e. The summed E-state index contributed by atoms with van der Waals surface area (Å²) in [4.78, 5) is 22.3. The summed E-state index contributed by atoms with van der Waals surface area (Å²) >= 11 is 7.39. The maximum Gasteiger partial charge on any atom is 0.269 e. The average molecular weight is 457 g/mol. The summed E-state index contributed by atoms with van der Waals surface area (Å²) < 4.78 is 2.10. The minimum Gasteiger partial charge on any atom is -0.318 e. The number of halogens is 1. The maximum absolute atomic E-state index is 12.0. The summed E-state index contributed by atoms with van der Waals surface area (Å²) in [6.07, 6.45) is 1.63. The number of hydrogen-bond donors (Lipinski definition) is 1. The molecule has 0 atom stereocenters. The first-order chi connectivity index (χ1) is 14.8. The normalized spacial score (nSPS) is 11.1. The first-order valence-electron chi connectivity index (χ1n) is 9.43. The van der Waals surface area contributed by atoms with E-state index in [1.807, 2.05) is 44.2 Å². The van der Waals surface area contributed by atoms with Crippen molar-refractivity contribution in [2.24, 2.45) is 5.10 Å². The number of nitro benzene ring substituents is 1. The van der Waals surface area contributed by atoms with E-state index in [9.17, 15) is 14.9 Å². The molecule has 160 valence electrons. The predicted octanol–water partition coefficient (Wildman–Crippen LogP) is 5.04. The zero-order valence-corrected chi connectivity index (χ0v) is 18.6. The van der Waals surface area contributed by atoms with Gasteiger partial charge in [-0.2, -0.15) is 5.10 Å². The van der Waals surface area contributed by atoms with Gasteiger partial charge in [0.2, 0.25) is 5.91 Å². The van der Waals surface area contributed by atoms with Gasteiger partial charge in [0.05, 0.1) is 16.9 Å². The Balaban J connectivity index is 1.52. The van der Waals surface area contributed by atoms with Crippen LogP contribution in [-0.4, -0.2) is 27.4 Å². The highest BCUT2D eigenvalue weighted by atomic mass is 35.5. The topological polar surface area (TPSA) is 89.5 Å². The zero-order chi connectivity index (χ0) is 22.4. The number of rotatable bonds is 8. The van der Waals surface area contributed by atoms with Crippen LogP contribution in [0.25, 0.3) is 5.69 Å². The number of carbonyl (C=O) groups is 1. The minimum absolute atomic E-state index is 0.0521. The van der Waals surface area contributed by atoms with E-state index < -0.39 is 4.92 Å². The van der Waals surface area contributed by atoms with Crippen LogP contribution >= 0.6 is 23.4 Å². The number of nitro groups is 1. The van der Waals surface area contributed by atoms with Crippen molar-refractivity contribution in [1.29, 1.82) is 0 Å². The quantitative estimate of drug-likeness (QED) is 0.292. The van der Waals surface area contributed by atoms with Gasteiger partial charge in [-0.05, 0) is 49.7 Å². The molecule has 0 radical (unpaired) electrons. The second kappa shape index (κ2) is 10.3. The number of thioether (sulfide) groups is 1. The van der Waals surface area contributed by atoms with Gasteiger partial charge in [0.25, 0.3) is 5.69 Å². The van der Waals surface area contributed by atoms with Crippen LogP contribution in [-0.2, 0) is 10.5 Å². The van der Waals surface area contributed by atoms with Gasteiger partial charge in [-0.1, -0.05) is 23.7 Å². The molecule has 1 amide bonds. The van der Waals surface area contributed by atoms with Crippen molar-refractivity contribution in [3.63, 3.8) is 0 Å². The molecule has 0 saturated heterocycles. The summed E-state index contributed by atoms with van der Waals surface area (Å²) in [6.45, 7) is 4.00. The van der Waals surface area contributed by atoms with E-state index in [2.05, 4.69) is 15.1 Å². The first-order valence-corrected chi connectivity index (χ1v) is 11.0. The lowest BCUT2D eigenvalue weighted by Crippen LogP contribution is -2.19. The molecule has 9 heteroatoms. The second-order valence-electron chi connectivity index (χ2n) is 6.85. The molecule has 0 aliphatic rings. The predicted molar refractivity (Wildman–Crippen MR) is 125 cm³/mol. The second-order valence-corrected chi connectivity index (χ2v) is 8.27. The Labute approximate surface area is 189 Å². The van der Waals surface area contributed by atoms with Crippen molar-refractivity contribution in [3.8, 4) is 5.69 Å². The number of nitrogens with one attached hydrogen (secondary N) is 1. The Bertz CT molecular complexity index is 1110. The summed E-state index contributed by atoms with van der Waals surface area (Å²) in [7, 11) is 0. The first kappa shape index (κ1) is 22.6. The lowest BCUT2D eigenvalue weighted by atomic mass is 10.2. The van der Waals surface area contributed by atoms with Crippen LogP contribution < -0.4 is 5.43 Å². The van der Waals surface area contributed by atoms with Crippen molar-refractivity contribution in [2.45, 2.75) is 19.6 Å². The van der Waals surface area contributed by atoms with E-state index in [4.69, 9.17) is 11.6 Å². The number of benzene rings is 2. The van der Waals surface area contributed by atoms with Crippen LogP contribution in [0.5, 0.6) is 0 Å². The Morgan fingerprint density at radius 1 is 1.19 bits per heavy atom. The third-order valence-corrected chi connectivity index (χ3v) is 5.85. The van der Waals surface area contributed by atoms with Gasteiger partial charge in [0.1, 0.15) is 0 Å². The van der Waals surface area contributed by atoms with E-state index in [0.29, 0.717) is 10.8 Å². The van der Waals surface area contributed by atoms with E-state index >= 15 is 0 Å². The van der Waals surface area contributed by atoms with Crippen LogP contribution in [0.3, 0.4) is 0 Å². The molecule has 0 fully saturated rings. The minimum atomic E-state index is -0.435. The molecule has 0 aliphatic heterocycles. The number of aryl methyl sites for hydroxylation is 1. The van der Waals surface area contributed by atoms with E-state index in [-0.39, 0.29) is 17.3 Å². The van der Waals surface area contributed by atoms with E-state index in [1.165, 1.54) is 23.9 Å². The van der Waals surface area contributed by atoms with Gasteiger partial charge in [0.15, 0.2) is 0 Å². The summed E-state index contributed by atoms with van der Waals surface area (Å²) in [5, 5.41) is 15.4. The number of hydrazone groups is 1. The van der Waals surface area contributed by atoms with Crippen molar-refractivity contribution < 1.29 is 9.72 Å². The molecule has 1 heterocycles. The molecule has 0 aliphatic carbocycles. The SMILES string of the molecule is Cc1cc(/C=N\NC(=O)CSCc2ccc([N+](=O)[O-])cc2)c(C)n1-c1ccc(Cl)cc1. The van der Waals surface area contributed by atoms with Gasteiger partial charge in [0, 0.05) is 45.5 Å². The molecule has 2 aromatic carbocycles. The lowest BCUT2D eigenvalue weighted by Gasteiger charge is -2.09. The van der Waals surface area contributed by atoms with Crippen LogP contribution in [0, 0.1) is 24.0 Å². The molecule has 1 aromatic heterocycles. The molecule has 7 nitrogen and oxygen atoms in total. The van der Waals surface area contributed by atoms with Gasteiger partial charge in [-0.25, -0.2) is 5.43 Å². The molecule has 1 N–H and O–H groups in total. The highest BCUT2D eigenvalue weighted by Crippen LogP contribution is 2.21. The van der Waals surface area contributed by atoms with Gasteiger partial charge < -0.3 is 4.57 Å². The number of carbonyl (C=O) groups excluding carboxylic acids is 1. The van der Waals surface area contributed by atoms with E-state index in [1.54, 1.807) is 18.3 Å². The molecule has 31 heavy (non-hydrogen) atoms. The molecular weight excluding hydrogens is 436 g/mol. The molecule has 3 aromatic rings. The third-order valence-electron chi connectivity index (χ3n) is 4.60. The monoisotopic (exact) mass is 456 g/mol. The van der Waals surface area contributed by atoms with Crippen molar-refractivity contribution >= 4 is 41.2 Å². The maximum atomic E-state index is 12.0. The van der Waals surface area contributed by atoms with Crippen LogP contribution in [0.2, 0.25) is 5.02 Å². The smallest absolute Gasteiger partial charge is 0.269 e. The molecule has 0 unspecified atom stereocenters. The number of non-ortho nitro benzene ring substituents is 1. The van der Waals surface area contributed by atoms with Crippen molar-refractivity contribution in [2.75, 3.05) is 5.75 Å². The van der Waals surface area contributed by atoms with E-state index in [0.717, 1.165) is 28.2 Å². The Morgan fingerprint density at radius 2 is 1.87 bits per heavy atom. The van der Waals surface area contributed by atoms with Crippen molar-refractivity contribution in [3.05, 3.63) is 92.2 Å². The number of nitrogens with zero attached hydrogens (tertiary/aromatic N) is 3. The highest BCUT2D eigenvalue weighted by molar-refractivity contribution is 7.99. The fourth-order valence-electron chi connectivity index (χ4n) is 3.09. The van der Waals surface area contributed by atoms with Gasteiger partial charge in [-0.15, -0.1) is 11.8 Å². The van der Waals surface area contributed by atoms with Crippen LogP contribution in [0.1, 0.15) is 22.5 Å². The fourth-order valence-corrected chi connectivity index (χ4v) is 3.99. The summed E-state index contributed by atoms with van der Waals surface area (Å²) in [5.74, 6) is 0.602. The van der Waals surface area contributed by atoms with Crippen LogP contribution in [0.15, 0.2) is 59.7 Å². The average Bonchev–Trinajstić information content (AvgIpc) is 3.02. The Kier molecular flexibility index (Phi) is 7.49. The molecule has 0 bridgehead atoms. The summed E-state index contributed by atoms with van der Waals surface area (Å²) in [6, 6.07) is 15.9. The number of hydrogen-bond acceptors (Lipinski definition) is 5. The molecular formula is C22H21ClN4O3S. The van der Waals surface area contributed by atoms with Crippen LogP contribution in [0.4, 0.5) is 5.69 Å².